The van der Waals surface area contributed by atoms with Crippen molar-refractivity contribution in [2.24, 2.45) is 5.92 Å². The Hall–Kier alpha value is -1.91. The summed E-state index contributed by atoms with van der Waals surface area (Å²) in [4.78, 5) is 0. The predicted molar refractivity (Wildman–Crippen MR) is 86.7 cm³/mol. The van der Waals surface area contributed by atoms with Gasteiger partial charge in [-0.05, 0) is 72.9 Å². The summed E-state index contributed by atoms with van der Waals surface area (Å²) in [6.45, 7) is 2.14. The summed E-state index contributed by atoms with van der Waals surface area (Å²) in [6.07, 6.45) is 4.91. The van der Waals surface area contributed by atoms with E-state index in [1.807, 2.05) is 0 Å². The molecule has 0 aliphatic heterocycles. The van der Waals surface area contributed by atoms with E-state index >= 15 is 0 Å². The van der Waals surface area contributed by atoms with E-state index in [9.17, 15) is 22.0 Å². The van der Waals surface area contributed by atoms with Crippen LogP contribution in [-0.4, -0.2) is 0 Å². The highest BCUT2D eigenvalue weighted by Gasteiger charge is 2.24. The highest BCUT2D eigenvalue weighted by molar-refractivity contribution is 5.65. The fraction of sp³-hybridized carbons (Fsp3) is 0.400. The molecule has 0 atom stereocenters. The quantitative estimate of drug-likeness (QED) is 0.423. The van der Waals surface area contributed by atoms with Gasteiger partial charge >= 0.3 is 0 Å². The van der Waals surface area contributed by atoms with Gasteiger partial charge in [-0.15, -0.1) is 0 Å². The first-order valence-corrected chi connectivity index (χ1v) is 8.54. The standard InChI is InChI=1S/C20H19F5/c1-2-11-3-5-12(6-4-11)13-7-15(21)19(16(22)8-13)14-9-17(23)20(25)18(24)10-14/h7-12H,2-6H2,1H3. The van der Waals surface area contributed by atoms with Crippen LogP contribution >= 0.6 is 0 Å². The summed E-state index contributed by atoms with van der Waals surface area (Å²) in [5.41, 5.74) is -0.326. The van der Waals surface area contributed by atoms with E-state index in [2.05, 4.69) is 6.92 Å². The monoisotopic (exact) mass is 354 g/mol. The summed E-state index contributed by atoms with van der Waals surface area (Å²) < 4.78 is 68.8. The van der Waals surface area contributed by atoms with Gasteiger partial charge in [0, 0.05) is 0 Å². The van der Waals surface area contributed by atoms with Gasteiger partial charge in [0.2, 0.25) is 0 Å². The molecule has 0 unspecified atom stereocenters. The fourth-order valence-corrected chi connectivity index (χ4v) is 3.71. The Morgan fingerprint density at radius 1 is 0.760 bits per heavy atom. The Labute approximate surface area is 143 Å². The molecule has 5 heteroatoms. The first-order chi connectivity index (χ1) is 11.9. The molecular weight excluding hydrogens is 335 g/mol. The molecule has 0 radical (unpaired) electrons. The minimum Gasteiger partial charge on any atom is -0.206 e. The molecule has 0 bridgehead atoms. The van der Waals surface area contributed by atoms with Crippen molar-refractivity contribution >= 4 is 0 Å². The Bertz CT molecular complexity index is 730. The lowest BCUT2D eigenvalue weighted by atomic mass is 9.77. The highest BCUT2D eigenvalue weighted by Crippen LogP contribution is 2.39. The predicted octanol–water partition coefficient (Wildman–Crippen LogP) is 6.73. The van der Waals surface area contributed by atoms with Gasteiger partial charge < -0.3 is 0 Å². The largest absolute Gasteiger partial charge is 0.206 e. The van der Waals surface area contributed by atoms with Gasteiger partial charge in [-0.3, -0.25) is 0 Å². The zero-order valence-corrected chi connectivity index (χ0v) is 13.9. The van der Waals surface area contributed by atoms with E-state index in [0.717, 1.165) is 32.1 Å². The minimum absolute atomic E-state index is 0.0857. The van der Waals surface area contributed by atoms with E-state index in [1.165, 1.54) is 12.1 Å². The molecule has 1 saturated carbocycles. The van der Waals surface area contributed by atoms with Gasteiger partial charge in [-0.2, -0.15) is 0 Å². The van der Waals surface area contributed by atoms with Crippen LogP contribution in [-0.2, 0) is 0 Å². The summed E-state index contributed by atoms with van der Waals surface area (Å²) in [5.74, 6) is -5.64. The minimum atomic E-state index is -1.66. The summed E-state index contributed by atoms with van der Waals surface area (Å²) in [5, 5.41) is 0. The molecule has 0 spiro atoms. The van der Waals surface area contributed by atoms with Crippen LogP contribution in [0, 0.1) is 35.0 Å². The number of benzene rings is 2. The molecule has 2 aromatic carbocycles. The van der Waals surface area contributed by atoms with Crippen molar-refractivity contribution in [1.29, 1.82) is 0 Å². The lowest BCUT2D eigenvalue weighted by Gasteiger charge is -2.28. The Kier molecular flexibility index (Phi) is 5.11. The van der Waals surface area contributed by atoms with Crippen molar-refractivity contribution in [2.45, 2.75) is 44.9 Å². The first kappa shape index (κ1) is 17.9. The third-order valence-electron chi connectivity index (χ3n) is 5.23. The van der Waals surface area contributed by atoms with Crippen LogP contribution in [0.25, 0.3) is 11.1 Å². The summed E-state index contributed by atoms with van der Waals surface area (Å²) in [6, 6.07) is 3.67. The molecule has 2 aromatic rings. The molecule has 1 fully saturated rings. The topological polar surface area (TPSA) is 0 Å². The average molecular weight is 354 g/mol. The van der Waals surface area contributed by atoms with Crippen molar-refractivity contribution in [2.75, 3.05) is 0 Å². The summed E-state index contributed by atoms with van der Waals surface area (Å²) in [7, 11) is 0. The van der Waals surface area contributed by atoms with E-state index in [1.54, 1.807) is 0 Å². The lowest BCUT2D eigenvalue weighted by Crippen LogP contribution is -2.13. The second-order valence-corrected chi connectivity index (χ2v) is 6.74. The molecule has 0 amide bonds. The average Bonchev–Trinajstić information content (AvgIpc) is 2.59. The molecule has 0 heterocycles. The van der Waals surface area contributed by atoms with Gasteiger partial charge in [0.1, 0.15) is 11.6 Å². The highest BCUT2D eigenvalue weighted by atomic mass is 19.2. The van der Waals surface area contributed by atoms with Gasteiger partial charge in [-0.1, -0.05) is 13.3 Å². The summed E-state index contributed by atoms with van der Waals surface area (Å²) >= 11 is 0. The maximum Gasteiger partial charge on any atom is 0.194 e. The van der Waals surface area contributed by atoms with Crippen LogP contribution in [0.2, 0.25) is 0 Å². The number of hydrogen-bond acceptors (Lipinski definition) is 0. The van der Waals surface area contributed by atoms with E-state index in [0.29, 0.717) is 23.6 Å². The second-order valence-electron chi connectivity index (χ2n) is 6.74. The first-order valence-electron chi connectivity index (χ1n) is 8.54. The van der Waals surface area contributed by atoms with Gasteiger partial charge in [-0.25, -0.2) is 22.0 Å². The van der Waals surface area contributed by atoms with Crippen molar-refractivity contribution in [3.8, 4) is 11.1 Å². The molecule has 25 heavy (non-hydrogen) atoms. The fourth-order valence-electron chi connectivity index (χ4n) is 3.71. The van der Waals surface area contributed by atoms with Crippen LogP contribution in [0.5, 0.6) is 0 Å². The van der Waals surface area contributed by atoms with Gasteiger partial charge in [0.05, 0.1) is 5.56 Å². The molecule has 0 nitrogen and oxygen atoms in total. The Morgan fingerprint density at radius 3 is 1.76 bits per heavy atom. The van der Waals surface area contributed by atoms with Gasteiger partial charge in [0.15, 0.2) is 17.5 Å². The molecule has 0 N–H and O–H groups in total. The lowest BCUT2D eigenvalue weighted by molar-refractivity contribution is 0.318. The number of rotatable bonds is 3. The van der Waals surface area contributed by atoms with Crippen LogP contribution in [0.15, 0.2) is 24.3 Å². The van der Waals surface area contributed by atoms with E-state index in [4.69, 9.17) is 0 Å². The van der Waals surface area contributed by atoms with Gasteiger partial charge in [0.25, 0.3) is 0 Å². The number of halogens is 5. The zero-order chi connectivity index (χ0) is 18.1. The molecule has 0 aromatic heterocycles. The smallest absolute Gasteiger partial charge is 0.194 e. The second kappa shape index (κ2) is 7.14. The Morgan fingerprint density at radius 2 is 1.28 bits per heavy atom. The maximum atomic E-state index is 14.5. The van der Waals surface area contributed by atoms with E-state index < -0.39 is 34.6 Å². The van der Waals surface area contributed by atoms with Crippen LogP contribution in [0.3, 0.4) is 0 Å². The molecule has 0 saturated heterocycles. The maximum absolute atomic E-state index is 14.5. The van der Waals surface area contributed by atoms with Crippen molar-refractivity contribution in [1.82, 2.24) is 0 Å². The zero-order valence-electron chi connectivity index (χ0n) is 13.9. The van der Waals surface area contributed by atoms with Crippen molar-refractivity contribution < 1.29 is 22.0 Å². The molecular formula is C20H19F5. The molecule has 1 aliphatic rings. The van der Waals surface area contributed by atoms with Crippen LogP contribution < -0.4 is 0 Å². The van der Waals surface area contributed by atoms with Crippen LogP contribution in [0.1, 0.15) is 50.5 Å². The third-order valence-corrected chi connectivity index (χ3v) is 5.23. The molecule has 134 valence electrons. The molecule has 1 aliphatic carbocycles. The molecule has 3 rings (SSSR count). The SMILES string of the molecule is CCC1CCC(c2cc(F)c(-c3cc(F)c(F)c(F)c3)c(F)c2)CC1. The Balaban J connectivity index is 1.94. The third kappa shape index (κ3) is 3.55. The van der Waals surface area contributed by atoms with Crippen LogP contribution in [0.4, 0.5) is 22.0 Å². The number of hydrogen-bond donors (Lipinski definition) is 0. The van der Waals surface area contributed by atoms with Crippen molar-refractivity contribution in [3.05, 3.63) is 58.9 Å². The van der Waals surface area contributed by atoms with E-state index in [-0.39, 0.29) is 11.5 Å². The van der Waals surface area contributed by atoms with Crippen molar-refractivity contribution in [3.63, 3.8) is 0 Å². The normalized spacial score (nSPS) is 20.7.